The molecule has 1 N–H and O–H groups in total. The van der Waals surface area contributed by atoms with Crippen molar-refractivity contribution in [1.29, 1.82) is 0 Å². The van der Waals surface area contributed by atoms with E-state index in [0.29, 0.717) is 30.1 Å². The van der Waals surface area contributed by atoms with Gasteiger partial charge in [-0.05, 0) is 36.8 Å². The average molecular weight is 379 g/mol. The number of rotatable bonds is 5. The van der Waals surface area contributed by atoms with E-state index in [2.05, 4.69) is 5.32 Å². The van der Waals surface area contributed by atoms with E-state index in [-0.39, 0.29) is 37.3 Å². The third-order valence-corrected chi connectivity index (χ3v) is 4.89. The normalized spacial score (nSPS) is 16.0. The van der Waals surface area contributed by atoms with Crippen LogP contribution in [0.2, 0.25) is 0 Å². The minimum absolute atomic E-state index is 0.0233. The van der Waals surface area contributed by atoms with Crippen molar-refractivity contribution in [2.75, 3.05) is 34.8 Å². The van der Waals surface area contributed by atoms with E-state index in [9.17, 15) is 14.4 Å². The van der Waals surface area contributed by atoms with Crippen LogP contribution >= 0.6 is 0 Å². The lowest BCUT2D eigenvalue weighted by molar-refractivity contribution is -0.121. The maximum absolute atomic E-state index is 12.4. The number of para-hydroxylation sites is 2. The van der Waals surface area contributed by atoms with Crippen molar-refractivity contribution in [2.45, 2.75) is 19.3 Å². The van der Waals surface area contributed by atoms with E-state index < -0.39 is 0 Å². The zero-order valence-corrected chi connectivity index (χ0v) is 15.4. The first-order valence-electron chi connectivity index (χ1n) is 9.34. The molecule has 2 aromatic rings. The molecule has 0 bridgehead atoms. The van der Waals surface area contributed by atoms with Gasteiger partial charge < -0.3 is 19.9 Å². The van der Waals surface area contributed by atoms with Crippen molar-refractivity contribution in [2.24, 2.45) is 0 Å². The number of ether oxygens (including phenoxy) is 1. The lowest BCUT2D eigenvalue weighted by Gasteiger charge is -2.29. The first-order chi connectivity index (χ1) is 13.6. The molecule has 2 aromatic carbocycles. The molecule has 2 aliphatic rings. The molecule has 1 saturated heterocycles. The minimum atomic E-state index is -0.193. The van der Waals surface area contributed by atoms with Gasteiger partial charge in [0, 0.05) is 37.3 Å². The van der Waals surface area contributed by atoms with Gasteiger partial charge in [0.2, 0.25) is 11.8 Å². The fourth-order valence-electron chi connectivity index (χ4n) is 3.51. The molecule has 28 heavy (non-hydrogen) atoms. The van der Waals surface area contributed by atoms with Crippen LogP contribution in [0.25, 0.3) is 0 Å². The van der Waals surface area contributed by atoms with Gasteiger partial charge in [0.25, 0.3) is 5.91 Å². The second-order valence-corrected chi connectivity index (χ2v) is 6.80. The van der Waals surface area contributed by atoms with Crippen LogP contribution in [0.15, 0.2) is 48.5 Å². The Balaban J connectivity index is 1.39. The summed E-state index contributed by atoms with van der Waals surface area (Å²) in [5.41, 5.74) is 2.11. The topological polar surface area (TPSA) is 79.0 Å². The standard InChI is InChI=1S/C21H21N3O4/c25-19(10-12-24-17-7-1-2-8-18(17)28-14-21(24)27)22-15-5-3-6-16(13-15)23-11-4-9-20(23)26/h1-3,5-8,13H,4,9-12,14H2,(H,22,25). The Labute approximate surface area is 162 Å². The third kappa shape index (κ3) is 3.69. The summed E-state index contributed by atoms with van der Waals surface area (Å²) >= 11 is 0. The van der Waals surface area contributed by atoms with Crippen molar-refractivity contribution in [3.63, 3.8) is 0 Å². The molecule has 0 atom stereocenters. The number of hydrogen-bond acceptors (Lipinski definition) is 4. The molecule has 0 spiro atoms. The SMILES string of the molecule is O=C(CCN1C(=O)COc2ccccc21)Nc1cccc(N2CCCC2=O)c1. The first kappa shape index (κ1) is 18.0. The van der Waals surface area contributed by atoms with Gasteiger partial charge in [-0.3, -0.25) is 14.4 Å². The molecular weight excluding hydrogens is 358 g/mol. The number of carbonyl (C=O) groups is 3. The Bertz CT molecular complexity index is 927. The second-order valence-electron chi connectivity index (χ2n) is 6.80. The number of nitrogens with one attached hydrogen (secondary N) is 1. The van der Waals surface area contributed by atoms with Gasteiger partial charge in [0.05, 0.1) is 5.69 Å². The summed E-state index contributed by atoms with van der Waals surface area (Å²) in [7, 11) is 0. The molecule has 3 amide bonds. The van der Waals surface area contributed by atoms with Gasteiger partial charge in [-0.25, -0.2) is 0 Å². The van der Waals surface area contributed by atoms with Crippen molar-refractivity contribution in [3.05, 3.63) is 48.5 Å². The fraction of sp³-hybridized carbons (Fsp3) is 0.286. The third-order valence-electron chi connectivity index (χ3n) is 4.89. The minimum Gasteiger partial charge on any atom is -0.482 e. The van der Waals surface area contributed by atoms with Gasteiger partial charge in [-0.1, -0.05) is 18.2 Å². The quantitative estimate of drug-likeness (QED) is 0.866. The van der Waals surface area contributed by atoms with Gasteiger partial charge in [-0.15, -0.1) is 0 Å². The Kier molecular flexibility index (Phi) is 4.97. The van der Waals surface area contributed by atoms with Gasteiger partial charge in [0.15, 0.2) is 6.61 Å². The molecule has 4 rings (SSSR count). The molecule has 2 aliphatic heterocycles. The molecule has 0 unspecified atom stereocenters. The summed E-state index contributed by atoms with van der Waals surface area (Å²) < 4.78 is 5.42. The Morgan fingerprint density at radius 3 is 2.75 bits per heavy atom. The molecule has 2 heterocycles. The predicted octanol–water partition coefficient (Wildman–Crippen LogP) is 2.57. The molecule has 0 aliphatic carbocycles. The second kappa shape index (κ2) is 7.72. The van der Waals surface area contributed by atoms with Crippen molar-refractivity contribution in [1.82, 2.24) is 0 Å². The summed E-state index contributed by atoms with van der Waals surface area (Å²) in [4.78, 5) is 39.8. The number of hydrogen-bond donors (Lipinski definition) is 1. The molecule has 0 aromatic heterocycles. The van der Waals surface area contributed by atoms with Crippen LogP contribution in [0.3, 0.4) is 0 Å². The fourth-order valence-corrected chi connectivity index (χ4v) is 3.51. The van der Waals surface area contributed by atoms with Crippen LogP contribution in [-0.4, -0.2) is 37.4 Å². The maximum atomic E-state index is 12.4. The summed E-state index contributed by atoms with van der Waals surface area (Å²) in [6.45, 7) is 0.953. The van der Waals surface area contributed by atoms with Crippen molar-refractivity contribution < 1.29 is 19.1 Å². The Morgan fingerprint density at radius 2 is 1.93 bits per heavy atom. The van der Waals surface area contributed by atoms with E-state index in [1.54, 1.807) is 34.1 Å². The average Bonchev–Trinajstić information content (AvgIpc) is 3.13. The highest BCUT2D eigenvalue weighted by Gasteiger charge is 2.25. The van der Waals surface area contributed by atoms with Crippen molar-refractivity contribution >= 4 is 34.8 Å². The molecule has 0 radical (unpaired) electrons. The molecular formula is C21H21N3O4. The summed E-state index contributed by atoms with van der Waals surface area (Å²) in [5, 5.41) is 2.85. The monoisotopic (exact) mass is 379 g/mol. The summed E-state index contributed by atoms with van der Waals surface area (Å²) in [6, 6.07) is 14.6. The summed E-state index contributed by atoms with van der Waals surface area (Å²) in [6.07, 6.45) is 1.57. The Morgan fingerprint density at radius 1 is 1.07 bits per heavy atom. The van der Waals surface area contributed by atoms with Crippen LogP contribution in [0.1, 0.15) is 19.3 Å². The van der Waals surface area contributed by atoms with Gasteiger partial charge in [0.1, 0.15) is 5.75 Å². The highest BCUT2D eigenvalue weighted by Crippen LogP contribution is 2.31. The zero-order valence-electron chi connectivity index (χ0n) is 15.4. The molecule has 7 nitrogen and oxygen atoms in total. The number of fused-ring (bicyclic) bond motifs is 1. The molecule has 144 valence electrons. The lowest BCUT2D eigenvalue weighted by Crippen LogP contribution is -2.40. The van der Waals surface area contributed by atoms with Crippen LogP contribution in [0.4, 0.5) is 17.1 Å². The zero-order chi connectivity index (χ0) is 19.5. The lowest BCUT2D eigenvalue weighted by atomic mass is 10.2. The highest BCUT2D eigenvalue weighted by atomic mass is 16.5. The predicted molar refractivity (Wildman–Crippen MR) is 106 cm³/mol. The van der Waals surface area contributed by atoms with E-state index >= 15 is 0 Å². The van der Waals surface area contributed by atoms with Crippen molar-refractivity contribution in [3.8, 4) is 5.75 Å². The smallest absolute Gasteiger partial charge is 0.265 e. The van der Waals surface area contributed by atoms with Crippen LogP contribution in [-0.2, 0) is 14.4 Å². The Hall–Kier alpha value is -3.35. The van der Waals surface area contributed by atoms with E-state index in [1.807, 2.05) is 24.3 Å². The van der Waals surface area contributed by atoms with Crippen LogP contribution in [0, 0.1) is 0 Å². The van der Waals surface area contributed by atoms with E-state index in [0.717, 1.165) is 12.1 Å². The van der Waals surface area contributed by atoms with Crippen LogP contribution < -0.4 is 19.9 Å². The van der Waals surface area contributed by atoms with Crippen LogP contribution in [0.5, 0.6) is 5.75 Å². The van der Waals surface area contributed by atoms with E-state index in [1.165, 1.54) is 0 Å². The number of anilines is 3. The number of amides is 3. The maximum Gasteiger partial charge on any atom is 0.265 e. The largest absolute Gasteiger partial charge is 0.482 e. The number of nitrogens with zero attached hydrogens (tertiary/aromatic N) is 2. The molecule has 1 fully saturated rings. The highest BCUT2D eigenvalue weighted by molar-refractivity contribution is 5.99. The summed E-state index contributed by atoms with van der Waals surface area (Å²) in [5.74, 6) is 0.390. The number of benzene rings is 2. The molecule has 0 saturated carbocycles. The first-order valence-corrected chi connectivity index (χ1v) is 9.34. The van der Waals surface area contributed by atoms with E-state index in [4.69, 9.17) is 4.74 Å². The van der Waals surface area contributed by atoms with Gasteiger partial charge in [-0.2, -0.15) is 0 Å². The molecule has 7 heteroatoms. The number of carbonyl (C=O) groups excluding carboxylic acids is 3. The van der Waals surface area contributed by atoms with Gasteiger partial charge >= 0.3 is 0 Å².